The molecule has 1 N–H and O–H groups in total. The molecule has 3 fully saturated rings. The SMILES string of the molecule is CNC(=O)CC1CCOC2(CCN(C(=O)CCC3CCCC3)CC2)C1. The number of ether oxygens (including phenoxy) is 1. The number of hydrogen-bond acceptors (Lipinski definition) is 3. The van der Waals surface area contributed by atoms with Crippen LogP contribution in [-0.2, 0) is 14.3 Å². The van der Waals surface area contributed by atoms with Crippen LogP contribution in [0.25, 0.3) is 0 Å². The number of nitrogens with zero attached hydrogens (tertiary/aromatic N) is 1. The van der Waals surface area contributed by atoms with Gasteiger partial charge in [0.05, 0.1) is 5.60 Å². The molecule has 0 aromatic rings. The smallest absolute Gasteiger partial charge is 0.222 e. The quantitative estimate of drug-likeness (QED) is 0.829. The summed E-state index contributed by atoms with van der Waals surface area (Å²) in [4.78, 5) is 26.2. The van der Waals surface area contributed by atoms with Crippen LogP contribution in [-0.4, -0.2) is 49.1 Å². The first kappa shape index (κ1) is 18.7. The van der Waals surface area contributed by atoms with Crippen LogP contribution in [0.4, 0.5) is 0 Å². The first-order chi connectivity index (χ1) is 12.1. The van der Waals surface area contributed by atoms with E-state index in [1.54, 1.807) is 7.05 Å². The molecule has 0 bridgehead atoms. The van der Waals surface area contributed by atoms with Gasteiger partial charge in [0.15, 0.2) is 0 Å². The molecule has 3 rings (SSSR count). The van der Waals surface area contributed by atoms with Gasteiger partial charge in [-0.15, -0.1) is 0 Å². The summed E-state index contributed by atoms with van der Waals surface area (Å²) in [6.07, 6.45) is 11.5. The molecular weight excluding hydrogens is 316 g/mol. The van der Waals surface area contributed by atoms with E-state index < -0.39 is 0 Å². The van der Waals surface area contributed by atoms with Crippen LogP contribution in [0.2, 0.25) is 0 Å². The first-order valence-corrected chi connectivity index (χ1v) is 10.2. The summed E-state index contributed by atoms with van der Waals surface area (Å²) in [5.41, 5.74) is -0.0980. The lowest BCUT2D eigenvalue weighted by atomic mass is 9.78. The fourth-order valence-electron chi connectivity index (χ4n) is 4.96. The van der Waals surface area contributed by atoms with Gasteiger partial charge in [0.1, 0.15) is 0 Å². The largest absolute Gasteiger partial charge is 0.375 e. The zero-order valence-corrected chi connectivity index (χ0v) is 15.7. The van der Waals surface area contributed by atoms with Crippen molar-refractivity contribution in [2.75, 3.05) is 26.7 Å². The molecule has 0 aromatic carbocycles. The number of nitrogens with one attached hydrogen (secondary N) is 1. The topological polar surface area (TPSA) is 58.6 Å². The molecule has 2 aliphatic heterocycles. The molecule has 142 valence electrons. The standard InChI is InChI=1S/C20H34N2O3/c1-21-18(23)14-17-8-13-25-20(15-17)9-11-22(12-10-20)19(24)7-6-16-4-2-3-5-16/h16-17H,2-15H2,1H3,(H,21,23). The fourth-order valence-corrected chi connectivity index (χ4v) is 4.96. The minimum absolute atomic E-state index is 0.0980. The van der Waals surface area contributed by atoms with Crippen LogP contribution in [0.3, 0.4) is 0 Å². The molecule has 5 heteroatoms. The molecule has 0 radical (unpaired) electrons. The molecule has 1 spiro atoms. The average Bonchev–Trinajstić information content (AvgIpc) is 3.14. The monoisotopic (exact) mass is 350 g/mol. The van der Waals surface area contributed by atoms with Crippen molar-refractivity contribution in [3.63, 3.8) is 0 Å². The van der Waals surface area contributed by atoms with Crippen molar-refractivity contribution in [3.05, 3.63) is 0 Å². The Bertz CT molecular complexity index is 466. The summed E-state index contributed by atoms with van der Waals surface area (Å²) in [5.74, 6) is 1.66. The van der Waals surface area contributed by atoms with E-state index in [4.69, 9.17) is 4.74 Å². The molecule has 2 saturated heterocycles. The lowest BCUT2D eigenvalue weighted by Gasteiger charge is -2.46. The molecule has 1 aliphatic carbocycles. The van der Waals surface area contributed by atoms with Crippen molar-refractivity contribution >= 4 is 11.8 Å². The Balaban J connectivity index is 1.43. The summed E-state index contributed by atoms with van der Waals surface area (Å²) in [7, 11) is 1.70. The number of rotatable bonds is 5. The second-order valence-corrected chi connectivity index (χ2v) is 8.34. The van der Waals surface area contributed by atoms with Gasteiger partial charge in [0.2, 0.25) is 11.8 Å². The van der Waals surface area contributed by atoms with E-state index >= 15 is 0 Å². The molecule has 1 saturated carbocycles. The predicted molar refractivity (Wildman–Crippen MR) is 97.1 cm³/mol. The van der Waals surface area contributed by atoms with Gasteiger partial charge in [-0.1, -0.05) is 25.7 Å². The van der Waals surface area contributed by atoms with Gasteiger partial charge in [-0.25, -0.2) is 0 Å². The third-order valence-corrected chi connectivity index (χ3v) is 6.62. The third-order valence-electron chi connectivity index (χ3n) is 6.62. The van der Waals surface area contributed by atoms with E-state index in [-0.39, 0.29) is 11.5 Å². The Morgan fingerprint density at radius 1 is 1.12 bits per heavy atom. The summed E-state index contributed by atoms with van der Waals surface area (Å²) in [5, 5.41) is 2.73. The van der Waals surface area contributed by atoms with Crippen LogP contribution in [0.1, 0.15) is 70.6 Å². The van der Waals surface area contributed by atoms with Gasteiger partial charge >= 0.3 is 0 Å². The summed E-state index contributed by atoms with van der Waals surface area (Å²) < 4.78 is 6.15. The average molecular weight is 351 g/mol. The van der Waals surface area contributed by atoms with Gasteiger partial charge in [-0.2, -0.15) is 0 Å². The zero-order valence-electron chi connectivity index (χ0n) is 15.7. The molecule has 1 atom stereocenters. The van der Waals surface area contributed by atoms with Gasteiger partial charge in [0, 0.05) is 39.6 Å². The van der Waals surface area contributed by atoms with Crippen molar-refractivity contribution in [2.24, 2.45) is 11.8 Å². The van der Waals surface area contributed by atoms with E-state index in [9.17, 15) is 9.59 Å². The van der Waals surface area contributed by atoms with Crippen molar-refractivity contribution in [1.82, 2.24) is 10.2 Å². The minimum Gasteiger partial charge on any atom is -0.375 e. The van der Waals surface area contributed by atoms with Crippen LogP contribution in [0, 0.1) is 11.8 Å². The van der Waals surface area contributed by atoms with Crippen molar-refractivity contribution in [2.45, 2.75) is 76.2 Å². The molecule has 2 heterocycles. The third kappa shape index (κ3) is 4.96. The van der Waals surface area contributed by atoms with E-state index in [1.807, 2.05) is 4.90 Å². The predicted octanol–water partition coefficient (Wildman–Crippen LogP) is 2.88. The summed E-state index contributed by atoms with van der Waals surface area (Å²) >= 11 is 0. The molecule has 1 unspecified atom stereocenters. The molecular formula is C20H34N2O3. The number of carbonyl (C=O) groups excluding carboxylic acids is 2. The second-order valence-electron chi connectivity index (χ2n) is 8.34. The highest BCUT2D eigenvalue weighted by molar-refractivity contribution is 5.76. The van der Waals surface area contributed by atoms with E-state index in [1.165, 1.54) is 25.7 Å². The molecule has 2 amide bonds. The summed E-state index contributed by atoms with van der Waals surface area (Å²) in [6, 6.07) is 0. The Hall–Kier alpha value is -1.10. The van der Waals surface area contributed by atoms with Gasteiger partial charge < -0.3 is 15.0 Å². The number of amides is 2. The van der Waals surface area contributed by atoms with Gasteiger partial charge in [-0.05, 0) is 43.9 Å². The fraction of sp³-hybridized carbons (Fsp3) is 0.900. The lowest BCUT2D eigenvalue weighted by molar-refractivity contribution is -0.148. The van der Waals surface area contributed by atoms with Crippen molar-refractivity contribution < 1.29 is 14.3 Å². The van der Waals surface area contributed by atoms with E-state index in [2.05, 4.69) is 5.32 Å². The van der Waals surface area contributed by atoms with Crippen molar-refractivity contribution in [3.8, 4) is 0 Å². The highest BCUT2D eigenvalue weighted by Crippen LogP contribution is 2.39. The highest BCUT2D eigenvalue weighted by Gasteiger charge is 2.41. The second kappa shape index (κ2) is 8.52. The van der Waals surface area contributed by atoms with Gasteiger partial charge in [0.25, 0.3) is 0 Å². The Kier molecular flexibility index (Phi) is 6.37. The molecule has 3 aliphatic rings. The van der Waals surface area contributed by atoms with Crippen molar-refractivity contribution in [1.29, 1.82) is 0 Å². The number of hydrogen-bond donors (Lipinski definition) is 1. The normalized spacial score (nSPS) is 26.8. The maximum Gasteiger partial charge on any atom is 0.222 e. The maximum atomic E-state index is 12.5. The van der Waals surface area contributed by atoms with Crippen LogP contribution < -0.4 is 5.32 Å². The molecule has 5 nitrogen and oxygen atoms in total. The van der Waals surface area contributed by atoms with Gasteiger partial charge in [-0.3, -0.25) is 9.59 Å². The number of piperidine rings is 1. The number of likely N-dealkylation sites (tertiary alicyclic amines) is 1. The number of carbonyl (C=O) groups is 2. The Labute approximate surface area is 151 Å². The Morgan fingerprint density at radius 2 is 1.84 bits per heavy atom. The van der Waals surface area contributed by atoms with E-state index in [0.717, 1.165) is 64.1 Å². The maximum absolute atomic E-state index is 12.5. The highest BCUT2D eigenvalue weighted by atomic mass is 16.5. The lowest BCUT2D eigenvalue weighted by Crippen LogP contribution is -2.51. The molecule has 25 heavy (non-hydrogen) atoms. The summed E-state index contributed by atoms with van der Waals surface area (Å²) in [6.45, 7) is 2.38. The minimum atomic E-state index is -0.0980. The van der Waals surface area contributed by atoms with E-state index in [0.29, 0.717) is 18.2 Å². The van der Waals surface area contributed by atoms with Crippen LogP contribution >= 0.6 is 0 Å². The van der Waals surface area contributed by atoms with Crippen LogP contribution in [0.15, 0.2) is 0 Å². The first-order valence-electron chi connectivity index (χ1n) is 10.2. The van der Waals surface area contributed by atoms with Crippen LogP contribution in [0.5, 0.6) is 0 Å². The molecule has 0 aromatic heterocycles. The Morgan fingerprint density at radius 3 is 2.52 bits per heavy atom. The zero-order chi connectivity index (χ0) is 17.7.